The molecule has 0 heterocycles. The topological polar surface area (TPSA) is 51.2 Å². The van der Waals surface area contributed by atoms with Crippen molar-refractivity contribution in [1.82, 2.24) is 0 Å². The van der Waals surface area contributed by atoms with E-state index in [2.05, 4.69) is 0 Å². The van der Waals surface area contributed by atoms with Gasteiger partial charge in [0.2, 0.25) is 18.2 Å². The molecule has 0 radical (unpaired) electrons. The Kier molecular flexibility index (Phi) is 6.80. The van der Waals surface area contributed by atoms with Crippen LogP contribution in [0, 0.1) is 0 Å². The van der Waals surface area contributed by atoms with Crippen molar-refractivity contribution in [3.63, 3.8) is 0 Å². The Bertz CT molecular complexity index is 1160. The summed E-state index contributed by atoms with van der Waals surface area (Å²) in [5.74, 6) is 0. The Hall–Kier alpha value is -1.32. The van der Waals surface area contributed by atoms with Gasteiger partial charge in [-0.25, -0.2) is 0 Å². The van der Waals surface area contributed by atoms with Crippen LogP contribution in [0.4, 0.5) is 0 Å². The van der Waals surface area contributed by atoms with Gasteiger partial charge in [0.25, 0.3) is 0 Å². The largest absolute Gasteiger partial charge is 0.302 e. The fourth-order valence-corrected chi connectivity index (χ4v) is 6.59. The van der Waals surface area contributed by atoms with E-state index in [1.807, 2.05) is 0 Å². The highest BCUT2D eigenvalue weighted by Crippen LogP contribution is 2.54. The number of carbonyl (C=O) groups is 2. The molecule has 0 fully saturated rings. The van der Waals surface area contributed by atoms with Gasteiger partial charge < -0.3 is 4.57 Å². The van der Waals surface area contributed by atoms with Crippen molar-refractivity contribution >= 4 is 81.5 Å². The molecule has 3 aromatic rings. The number of carbonyl (C=O) groups excluding carboxylic acids is 2. The summed E-state index contributed by atoms with van der Waals surface area (Å²) in [6, 6.07) is 14.7. The van der Waals surface area contributed by atoms with Crippen molar-refractivity contribution in [2.45, 2.75) is 0 Å². The molecule has 0 saturated carbocycles. The predicted molar refractivity (Wildman–Crippen MR) is 120 cm³/mol. The Morgan fingerprint density at radius 1 is 0.586 bits per heavy atom. The van der Waals surface area contributed by atoms with Gasteiger partial charge in [-0.05, 0) is 24.3 Å². The zero-order chi connectivity index (χ0) is 21.3. The highest BCUT2D eigenvalue weighted by Gasteiger charge is 2.45. The van der Waals surface area contributed by atoms with Gasteiger partial charge in [-0.3, -0.25) is 9.59 Å². The fourth-order valence-electron chi connectivity index (χ4n) is 2.70. The summed E-state index contributed by atoms with van der Waals surface area (Å²) in [6.07, 6.45) is 0. The second-order valence-corrected chi connectivity index (χ2v) is 10.4. The first-order valence-corrected chi connectivity index (χ1v) is 11.6. The van der Waals surface area contributed by atoms with E-state index in [0.717, 1.165) is 0 Å². The van der Waals surface area contributed by atoms with Crippen molar-refractivity contribution in [3.05, 3.63) is 96.9 Å². The summed E-state index contributed by atoms with van der Waals surface area (Å²) in [5.41, 5.74) is -2.59. The van der Waals surface area contributed by atoms with Gasteiger partial charge in [0.15, 0.2) is 0 Å². The quantitative estimate of drug-likeness (QED) is 0.264. The molecular formula is C20H10Cl5O3P. The Labute approximate surface area is 191 Å². The summed E-state index contributed by atoms with van der Waals surface area (Å²) in [6.45, 7) is 0. The smallest absolute Gasteiger partial charge is 0.248 e. The molecule has 1 unspecified atom stereocenters. The van der Waals surface area contributed by atoms with E-state index in [0.29, 0.717) is 0 Å². The van der Waals surface area contributed by atoms with Crippen LogP contribution in [-0.4, -0.2) is 11.0 Å². The minimum Gasteiger partial charge on any atom is -0.302 e. The van der Waals surface area contributed by atoms with E-state index in [9.17, 15) is 14.2 Å². The lowest BCUT2D eigenvalue weighted by molar-refractivity contribution is 0.104. The predicted octanol–water partition coefficient (Wildman–Crippen LogP) is 7.62. The second kappa shape index (κ2) is 8.81. The lowest BCUT2D eigenvalue weighted by Crippen LogP contribution is -2.21. The molecule has 0 spiro atoms. The molecule has 0 aliphatic heterocycles. The molecule has 0 aliphatic carbocycles. The van der Waals surface area contributed by atoms with Crippen molar-refractivity contribution < 1.29 is 14.2 Å². The summed E-state index contributed by atoms with van der Waals surface area (Å²) in [5, 5.41) is -0.318. The first-order valence-electron chi connectivity index (χ1n) is 8.02. The lowest BCUT2D eigenvalue weighted by Gasteiger charge is -2.19. The van der Waals surface area contributed by atoms with Crippen LogP contribution < -0.4 is 5.30 Å². The zero-order valence-electron chi connectivity index (χ0n) is 14.3. The molecule has 3 nitrogen and oxygen atoms in total. The molecular weight excluding hydrogens is 496 g/mol. The summed E-state index contributed by atoms with van der Waals surface area (Å²) >= 11 is 30.6. The summed E-state index contributed by atoms with van der Waals surface area (Å²) in [7, 11) is -4.50. The standard InChI is InChI=1S/C20H10Cl5O3P/c21-12-7-4-8-13(22)16(12)19(26)29(28,11-5-2-1-3-6-11)20(27)17-14(23)9-10-15(24)18(17)25/h1-10H. The molecule has 3 rings (SSSR count). The molecule has 0 aromatic heterocycles. The van der Waals surface area contributed by atoms with Crippen LogP contribution >= 0.6 is 65.1 Å². The monoisotopic (exact) mass is 504 g/mol. The molecule has 148 valence electrons. The SMILES string of the molecule is O=C(c1c(Cl)cccc1Cl)P(=O)(C(=O)c1c(Cl)ccc(Cl)c1Cl)c1ccccc1. The molecule has 0 amide bonds. The molecule has 9 heteroatoms. The Morgan fingerprint density at radius 2 is 1.07 bits per heavy atom. The number of benzene rings is 3. The van der Waals surface area contributed by atoms with Gasteiger partial charge >= 0.3 is 0 Å². The maximum absolute atomic E-state index is 14.2. The Balaban J connectivity index is 2.33. The first-order chi connectivity index (χ1) is 13.7. The average molecular weight is 507 g/mol. The number of halogens is 5. The van der Waals surface area contributed by atoms with Crippen LogP contribution in [0.2, 0.25) is 25.1 Å². The van der Waals surface area contributed by atoms with Crippen LogP contribution in [0.25, 0.3) is 0 Å². The van der Waals surface area contributed by atoms with Gasteiger partial charge in [-0.1, -0.05) is 94.4 Å². The van der Waals surface area contributed by atoms with Crippen molar-refractivity contribution in [1.29, 1.82) is 0 Å². The van der Waals surface area contributed by atoms with Gasteiger partial charge in [0, 0.05) is 5.30 Å². The van der Waals surface area contributed by atoms with E-state index in [1.54, 1.807) is 18.2 Å². The van der Waals surface area contributed by atoms with Gasteiger partial charge in [-0.2, -0.15) is 0 Å². The van der Waals surface area contributed by atoms with Crippen molar-refractivity contribution in [2.75, 3.05) is 0 Å². The third-order valence-electron chi connectivity index (χ3n) is 4.13. The second-order valence-electron chi connectivity index (χ2n) is 5.87. The van der Waals surface area contributed by atoms with E-state index < -0.39 is 18.2 Å². The van der Waals surface area contributed by atoms with E-state index in [-0.39, 0.29) is 41.5 Å². The van der Waals surface area contributed by atoms with Crippen LogP contribution in [0.5, 0.6) is 0 Å². The molecule has 29 heavy (non-hydrogen) atoms. The maximum atomic E-state index is 14.2. The number of hydrogen-bond donors (Lipinski definition) is 0. The fraction of sp³-hybridized carbons (Fsp3) is 0. The van der Waals surface area contributed by atoms with Crippen LogP contribution in [0.3, 0.4) is 0 Å². The van der Waals surface area contributed by atoms with Crippen molar-refractivity contribution in [2.24, 2.45) is 0 Å². The van der Waals surface area contributed by atoms with E-state index >= 15 is 0 Å². The van der Waals surface area contributed by atoms with Crippen molar-refractivity contribution in [3.8, 4) is 0 Å². The van der Waals surface area contributed by atoms with Gasteiger partial charge in [0.1, 0.15) is 0 Å². The molecule has 0 N–H and O–H groups in total. The minimum absolute atomic E-state index is 0.00176. The van der Waals surface area contributed by atoms with E-state index in [4.69, 9.17) is 58.0 Å². The zero-order valence-corrected chi connectivity index (χ0v) is 19.0. The number of rotatable bonds is 5. The van der Waals surface area contributed by atoms with Gasteiger partial charge in [-0.15, -0.1) is 0 Å². The Morgan fingerprint density at radius 3 is 1.66 bits per heavy atom. The molecule has 0 aliphatic rings. The highest BCUT2D eigenvalue weighted by molar-refractivity contribution is 8.01. The minimum atomic E-state index is -4.50. The molecule has 0 saturated heterocycles. The van der Waals surface area contributed by atoms with Gasteiger partial charge in [0.05, 0.1) is 36.2 Å². The normalized spacial score (nSPS) is 13.0. The summed E-state index contributed by atoms with van der Waals surface area (Å²) in [4.78, 5) is 27.0. The lowest BCUT2D eigenvalue weighted by atomic mass is 10.2. The maximum Gasteiger partial charge on any atom is 0.248 e. The van der Waals surface area contributed by atoms with Crippen LogP contribution in [0.1, 0.15) is 20.7 Å². The van der Waals surface area contributed by atoms with Crippen LogP contribution in [0.15, 0.2) is 60.7 Å². The average Bonchev–Trinajstić information content (AvgIpc) is 2.70. The number of hydrogen-bond acceptors (Lipinski definition) is 3. The third-order valence-corrected chi connectivity index (χ3v) is 8.49. The van der Waals surface area contributed by atoms with E-state index in [1.165, 1.54) is 42.5 Å². The third kappa shape index (κ3) is 4.01. The molecule has 1 atom stereocenters. The molecule has 3 aromatic carbocycles. The highest BCUT2D eigenvalue weighted by atomic mass is 35.5. The molecule has 0 bridgehead atoms. The summed E-state index contributed by atoms with van der Waals surface area (Å²) < 4.78 is 14.2. The van der Waals surface area contributed by atoms with Crippen LogP contribution in [-0.2, 0) is 4.57 Å². The first kappa shape index (κ1) is 22.4.